The summed E-state index contributed by atoms with van der Waals surface area (Å²) in [6, 6.07) is 17.8. The SMILES string of the molecule is CC[C@H](C)NC(=O)[C@H](Cc1ccccc1)N(Cc1ccc(Cl)cc1Cl)C(=O)CN(c1ccc2c(c1)OCO2)S(=O)(=O)CC. The van der Waals surface area contributed by atoms with Crippen molar-refractivity contribution in [2.75, 3.05) is 23.4 Å². The number of benzene rings is 3. The van der Waals surface area contributed by atoms with Crippen molar-refractivity contribution in [2.24, 2.45) is 0 Å². The van der Waals surface area contributed by atoms with Crippen LogP contribution < -0.4 is 19.1 Å². The van der Waals surface area contributed by atoms with Crippen molar-refractivity contribution in [1.29, 1.82) is 0 Å². The van der Waals surface area contributed by atoms with Gasteiger partial charge in [-0.25, -0.2) is 8.42 Å². The number of ether oxygens (including phenoxy) is 2. The first-order valence-corrected chi connectivity index (χ1v) is 16.4. The van der Waals surface area contributed by atoms with Crippen LogP contribution in [0.15, 0.2) is 66.7 Å². The predicted molar refractivity (Wildman–Crippen MR) is 168 cm³/mol. The summed E-state index contributed by atoms with van der Waals surface area (Å²) in [5.41, 5.74) is 1.63. The van der Waals surface area contributed by atoms with Crippen LogP contribution in [0.25, 0.3) is 0 Å². The first-order valence-electron chi connectivity index (χ1n) is 14.0. The number of amides is 2. The highest BCUT2D eigenvalue weighted by molar-refractivity contribution is 7.92. The molecule has 0 radical (unpaired) electrons. The van der Waals surface area contributed by atoms with E-state index in [0.29, 0.717) is 33.5 Å². The molecule has 1 heterocycles. The fourth-order valence-electron chi connectivity index (χ4n) is 4.59. The Morgan fingerprint density at radius 1 is 0.977 bits per heavy atom. The summed E-state index contributed by atoms with van der Waals surface area (Å²) >= 11 is 12.7. The average Bonchev–Trinajstić information content (AvgIpc) is 3.47. The third kappa shape index (κ3) is 8.13. The first-order chi connectivity index (χ1) is 20.5. The number of fused-ring (bicyclic) bond motifs is 1. The number of sulfonamides is 1. The number of nitrogens with zero attached hydrogens (tertiary/aromatic N) is 2. The number of carbonyl (C=O) groups is 2. The highest BCUT2D eigenvalue weighted by Crippen LogP contribution is 2.36. The Labute approximate surface area is 262 Å². The third-order valence-corrected chi connectivity index (χ3v) is 9.58. The maximum Gasteiger partial charge on any atom is 0.244 e. The first kappa shape index (κ1) is 32.4. The van der Waals surface area contributed by atoms with E-state index in [0.717, 1.165) is 9.87 Å². The van der Waals surface area contributed by atoms with E-state index in [9.17, 15) is 18.0 Å². The third-order valence-electron chi connectivity index (χ3n) is 7.25. The largest absolute Gasteiger partial charge is 0.454 e. The molecule has 0 saturated carbocycles. The molecular weight excluding hydrogens is 613 g/mol. The molecule has 0 fully saturated rings. The van der Waals surface area contributed by atoms with Crippen LogP contribution in [0.2, 0.25) is 10.0 Å². The van der Waals surface area contributed by atoms with E-state index < -0.39 is 28.5 Å². The Balaban J connectivity index is 1.77. The summed E-state index contributed by atoms with van der Waals surface area (Å²) in [6.45, 7) is 4.74. The van der Waals surface area contributed by atoms with Crippen LogP contribution in [0.5, 0.6) is 11.5 Å². The van der Waals surface area contributed by atoms with Crippen molar-refractivity contribution in [2.45, 2.75) is 52.2 Å². The summed E-state index contributed by atoms with van der Waals surface area (Å²) in [4.78, 5) is 29.5. The molecule has 0 aliphatic carbocycles. The van der Waals surface area contributed by atoms with Gasteiger partial charge in [-0.3, -0.25) is 13.9 Å². The number of rotatable bonds is 13. The van der Waals surface area contributed by atoms with Crippen molar-refractivity contribution >= 4 is 50.7 Å². The summed E-state index contributed by atoms with van der Waals surface area (Å²) in [6.07, 6.45) is 0.887. The van der Waals surface area contributed by atoms with E-state index in [1.54, 1.807) is 30.3 Å². The fourth-order valence-corrected chi connectivity index (χ4v) is 6.11. The second-order valence-corrected chi connectivity index (χ2v) is 13.3. The van der Waals surface area contributed by atoms with Crippen molar-refractivity contribution in [3.8, 4) is 11.5 Å². The maximum absolute atomic E-state index is 14.3. The van der Waals surface area contributed by atoms with Crippen molar-refractivity contribution in [1.82, 2.24) is 10.2 Å². The number of anilines is 1. The van der Waals surface area contributed by atoms with Gasteiger partial charge < -0.3 is 19.7 Å². The smallest absolute Gasteiger partial charge is 0.244 e. The van der Waals surface area contributed by atoms with Gasteiger partial charge in [-0.15, -0.1) is 0 Å². The molecule has 3 aromatic carbocycles. The average molecular weight is 649 g/mol. The topological polar surface area (TPSA) is 105 Å². The van der Waals surface area contributed by atoms with Gasteiger partial charge in [0, 0.05) is 35.1 Å². The molecule has 230 valence electrons. The van der Waals surface area contributed by atoms with E-state index in [4.69, 9.17) is 32.7 Å². The van der Waals surface area contributed by atoms with Crippen LogP contribution in [0.3, 0.4) is 0 Å². The lowest BCUT2D eigenvalue weighted by atomic mass is 10.0. The van der Waals surface area contributed by atoms with Gasteiger partial charge in [-0.2, -0.15) is 0 Å². The van der Waals surface area contributed by atoms with Crippen LogP contribution in [-0.2, 0) is 32.6 Å². The Hall–Kier alpha value is -3.47. The summed E-state index contributed by atoms with van der Waals surface area (Å²) in [5, 5.41) is 3.74. The van der Waals surface area contributed by atoms with Gasteiger partial charge in [0.05, 0.1) is 11.4 Å². The summed E-state index contributed by atoms with van der Waals surface area (Å²) < 4.78 is 38.6. The standard InChI is InChI=1S/C31H35Cl2N3O6S/c1-4-21(3)34-31(38)27(15-22-9-7-6-8-10-22)35(18-23-11-12-24(32)16-26(23)33)30(37)19-36(43(39,40)5-2)25-13-14-28-29(17-25)42-20-41-28/h6-14,16-17,21,27H,4-5,15,18-20H2,1-3H3,(H,34,38)/t21-,27-/m0/s1. The lowest BCUT2D eigenvalue weighted by molar-refractivity contribution is -0.140. The van der Waals surface area contributed by atoms with Crippen LogP contribution >= 0.6 is 23.2 Å². The molecule has 1 aliphatic rings. The highest BCUT2D eigenvalue weighted by atomic mass is 35.5. The molecule has 3 aromatic rings. The van der Waals surface area contributed by atoms with Crippen molar-refractivity contribution in [3.63, 3.8) is 0 Å². The molecule has 0 bridgehead atoms. The zero-order valence-electron chi connectivity index (χ0n) is 24.3. The Kier molecular flexibility index (Phi) is 10.8. The quantitative estimate of drug-likeness (QED) is 0.265. The molecule has 0 unspecified atom stereocenters. The molecule has 12 heteroatoms. The zero-order valence-corrected chi connectivity index (χ0v) is 26.6. The number of carbonyl (C=O) groups excluding carboxylic acids is 2. The number of hydrogen-bond donors (Lipinski definition) is 1. The Bertz CT molecular complexity index is 1550. The predicted octanol–water partition coefficient (Wildman–Crippen LogP) is 5.43. The molecule has 2 amide bonds. The van der Waals surface area contributed by atoms with E-state index in [2.05, 4.69) is 5.32 Å². The normalized spacial score (nSPS) is 13.7. The van der Waals surface area contributed by atoms with Crippen LogP contribution in [-0.4, -0.2) is 56.3 Å². The molecule has 1 aliphatic heterocycles. The van der Waals surface area contributed by atoms with E-state index in [-0.39, 0.29) is 43.1 Å². The number of halogens is 2. The zero-order chi connectivity index (χ0) is 31.1. The second-order valence-electron chi connectivity index (χ2n) is 10.2. The molecule has 0 saturated heterocycles. The minimum Gasteiger partial charge on any atom is -0.454 e. The van der Waals surface area contributed by atoms with E-state index in [1.165, 1.54) is 17.9 Å². The van der Waals surface area contributed by atoms with Gasteiger partial charge in [0.15, 0.2) is 11.5 Å². The minimum absolute atomic E-state index is 0.0142. The molecule has 43 heavy (non-hydrogen) atoms. The lowest BCUT2D eigenvalue weighted by Gasteiger charge is -2.34. The molecule has 0 spiro atoms. The lowest BCUT2D eigenvalue weighted by Crippen LogP contribution is -2.54. The van der Waals surface area contributed by atoms with Crippen molar-refractivity contribution in [3.05, 3.63) is 87.9 Å². The van der Waals surface area contributed by atoms with Gasteiger partial charge in [-0.05, 0) is 55.7 Å². The Morgan fingerprint density at radius 2 is 1.70 bits per heavy atom. The van der Waals surface area contributed by atoms with Gasteiger partial charge in [0.1, 0.15) is 12.6 Å². The van der Waals surface area contributed by atoms with Gasteiger partial charge in [0.2, 0.25) is 28.6 Å². The molecule has 4 rings (SSSR count). The fraction of sp³-hybridized carbons (Fsp3) is 0.355. The van der Waals surface area contributed by atoms with Gasteiger partial charge in [0.25, 0.3) is 0 Å². The second kappa shape index (κ2) is 14.3. The minimum atomic E-state index is -3.93. The number of nitrogens with one attached hydrogen (secondary N) is 1. The van der Waals surface area contributed by atoms with E-state index in [1.807, 2.05) is 44.2 Å². The number of hydrogen-bond acceptors (Lipinski definition) is 6. The monoisotopic (exact) mass is 647 g/mol. The van der Waals surface area contributed by atoms with E-state index >= 15 is 0 Å². The molecule has 1 N–H and O–H groups in total. The Morgan fingerprint density at radius 3 is 2.37 bits per heavy atom. The molecular formula is C31H35Cl2N3O6S. The highest BCUT2D eigenvalue weighted by Gasteiger charge is 2.34. The molecule has 9 nitrogen and oxygen atoms in total. The summed E-state index contributed by atoms with van der Waals surface area (Å²) in [7, 11) is -3.93. The van der Waals surface area contributed by atoms with Crippen LogP contribution in [0, 0.1) is 0 Å². The molecule has 0 aromatic heterocycles. The van der Waals surface area contributed by atoms with Crippen molar-refractivity contribution < 1.29 is 27.5 Å². The van der Waals surface area contributed by atoms with Crippen LogP contribution in [0.4, 0.5) is 5.69 Å². The van der Waals surface area contributed by atoms with Crippen LogP contribution in [0.1, 0.15) is 38.3 Å². The van der Waals surface area contributed by atoms with Gasteiger partial charge >= 0.3 is 0 Å². The molecule has 2 atom stereocenters. The summed E-state index contributed by atoms with van der Waals surface area (Å²) in [5.74, 6) is -0.335. The van der Waals surface area contributed by atoms with Gasteiger partial charge in [-0.1, -0.05) is 66.5 Å². The maximum atomic E-state index is 14.3.